The minimum Gasteiger partial charge on any atom is -0.289 e. The van der Waals surface area contributed by atoms with Crippen LogP contribution in [0.1, 0.15) is 5.56 Å². The molecular formula is C8H10N2S. The van der Waals surface area contributed by atoms with Gasteiger partial charge in [0.2, 0.25) is 0 Å². The molecule has 1 rings (SSSR count). The fourth-order valence-electron chi connectivity index (χ4n) is 0.871. The molecule has 0 bridgehead atoms. The van der Waals surface area contributed by atoms with Gasteiger partial charge < -0.3 is 0 Å². The van der Waals surface area contributed by atoms with Gasteiger partial charge in [0.25, 0.3) is 0 Å². The highest BCUT2D eigenvalue weighted by Crippen LogP contribution is 2.07. The van der Waals surface area contributed by atoms with Gasteiger partial charge in [0.05, 0.1) is 12.6 Å². The largest absolute Gasteiger partial charge is 0.289 e. The fourth-order valence-corrected chi connectivity index (χ4v) is 1.53. The number of nitriles is 1. The molecule has 0 saturated heterocycles. The minimum atomic E-state index is 0.496. The lowest BCUT2D eigenvalue weighted by atomic mass is 10.3. The second-order valence-corrected chi connectivity index (χ2v) is 3.24. The topological polar surface area (TPSA) is 27.0 Å². The van der Waals surface area contributed by atoms with Crippen LogP contribution < -0.4 is 0 Å². The third kappa shape index (κ3) is 2.71. The maximum Gasteiger partial charge on any atom is 0.0866 e. The summed E-state index contributed by atoms with van der Waals surface area (Å²) in [5.74, 6) is 0. The zero-order chi connectivity index (χ0) is 8.10. The summed E-state index contributed by atoms with van der Waals surface area (Å²) in [5, 5.41) is 12.5. The monoisotopic (exact) mass is 166 g/mol. The lowest BCUT2D eigenvalue weighted by molar-refractivity contribution is 0.368. The first-order valence-electron chi connectivity index (χ1n) is 3.39. The van der Waals surface area contributed by atoms with Crippen LogP contribution in [0.2, 0.25) is 0 Å². The summed E-state index contributed by atoms with van der Waals surface area (Å²) in [7, 11) is 1.95. The highest BCUT2D eigenvalue weighted by molar-refractivity contribution is 7.07. The molecule has 1 aromatic rings. The molecule has 0 unspecified atom stereocenters. The lowest BCUT2D eigenvalue weighted by Crippen LogP contribution is -2.17. The Morgan fingerprint density at radius 1 is 1.73 bits per heavy atom. The number of hydrogen-bond acceptors (Lipinski definition) is 3. The van der Waals surface area contributed by atoms with Gasteiger partial charge in [-0.3, -0.25) is 4.90 Å². The van der Waals surface area contributed by atoms with Gasteiger partial charge in [0.1, 0.15) is 0 Å². The summed E-state index contributed by atoms with van der Waals surface area (Å²) in [4.78, 5) is 1.99. The van der Waals surface area contributed by atoms with Crippen molar-refractivity contribution in [3.05, 3.63) is 22.4 Å². The SMILES string of the molecule is CN(CC#N)Cc1ccsc1. The first kappa shape index (κ1) is 8.25. The molecule has 0 fully saturated rings. The molecule has 3 heteroatoms. The zero-order valence-corrected chi connectivity index (χ0v) is 7.27. The summed E-state index contributed by atoms with van der Waals surface area (Å²) < 4.78 is 0. The van der Waals surface area contributed by atoms with Crippen molar-refractivity contribution in [2.24, 2.45) is 0 Å². The Morgan fingerprint density at radius 3 is 3.09 bits per heavy atom. The highest BCUT2D eigenvalue weighted by atomic mass is 32.1. The Morgan fingerprint density at radius 2 is 2.55 bits per heavy atom. The van der Waals surface area contributed by atoms with E-state index in [0.29, 0.717) is 6.54 Å². The van der Waals surface area contributed by atoms with Gasteiger partial charge in [0.15, 0.2) is 0 Å². The minimum absolute atomic E-state index is 0.496. The first-order valence-corrected chi connectivity index (χ1v) is 4.34. The van der Waals surface area contributed by atoms with E-state index in [2.05, 4.69) is 22.9 Å². The molecule has 0 saturated carbocycles. The van der Waals surface area contributed by atoms with Gasteiger partial charge in [0, 0.05) is 6.54 Å². The molecule has 0 amide bonds. The third-order valence-electron chi connectivity index (χ3n) is 1.37. The standard InChI is InChI=1S/C8H10N2S/c1-10(4-3-9)6-8-2-5-11-7-8/h2,5,7H,4,6H2,1H3. The number of thiophene rings is 1. The maximum atomic E-state index is 8.38. The first-order chi connectivity index (χ1) is 5.33. The van der Waals surface area contributed by atoms with E-state index in [0.717, 1.165) is 6.54 Å². The Kier molecular flexibility index (Phi) is 3.09. The number of nitrogens with zero attached hydrogens (tertiary/aromatic N) is 2. The third-order valence-corrected chi connectivity index (χ3v) is 2.11. The molecule has 0 aliphatic rings. The molecule has 0 aliphatic carbocycles. The van der Waals surface area contributed by atoms with Gasteiger partial charge in [-0.1, -0.05) is 0 Å². The van der Waals surface area contributed by atoms with Crippen LogP contribution in [0.15, 0.2) is 16.8 Å². The van der Waals surface area contributed by atoms with E-state index in [1.807, 2.05) is 11.9 Å². The predicted molar refractivity (Wildman–Crippen MR) is 46.3 cm³/mol. The van der Waals surface area contributed by atoms with Crippen LogP contribution in [-0.2, 0) is 6.54 Å². The van der Waals surface area contributed by atoms with Crippen molar-refractivity contribution in [2.45, 2.75) is 6.54 Å². The highest BCUT2D eigenvalue weighted by Gasteiger charge is 1.97. The molecule has 0 aliphatic heterocycles. The second kappa shape index (κ2) is 4.12. The summed E-state index contributed by atoms with van der Waals surface area (Å²) in [6.45, 7) is 1.37. The summed E-state index contributed by atoms with van der Waals surface area (Å²) in [5.41, 5.74) is 1.28. The van der Waals surface area contributed by atoms with Crippen LogP contribution in [0.5, 0.6) is 0 Å². The average molecular weight is 166 g/mol. The van der Waals surface area contributed by atoms with Crippen molar-refractivity contribution in [3.63, 3.8) is 0 Å². The molecule has 1 heterocycles. The normalized spacial score (nSPS) is 9.91. The van der Waals surface area contributed by atoms with Crippen molar-refractivity contribution in [2.75, 3.05) is 13.6 Å². The smallest absolute Gasteiger partial charge is 0.0866 e. The lowest BCUT2D eigenvalue weighted by Gasteiger charge is -2.09. The van der Waals surface area contributed by atoms with Crippen LogP contribution in [0, 0.1) is 11.3 Å². The van der Waals surface area contributed by atoms with Gasteiger partial charge >= 0.3 is 0 Å². The Balaban J connectivity index is 2.38. The van der Waals surface area contributed by atoms with E-state index in [9.17, 15) is 0 Å². The number of rotatable bonds is 3. The molecular weight excluding hydrogens is 156 g/mol. The van der Waals surface area contributed by atoms with Crippen LogP contribution in [0.4, 0.5) is 0 Å². The summed E-state index contributed by atoms with van der Waals surface area (Å²) in [6.07, 6.45) is 0. The van der Waals surface area contributed by atoms with Crippen LogP contribution in [-0.4, -0.2) is 18.5 Å². The molecule has 0 spiro atoms. The fraction of sp³-hybridized carbons (Fsp3) is 0.375. The summed E-state index contributed by atoms with van der Waals surface area (Å²) in [6, 6.07) is 4.19. The van der Waals surface area contributed by atoms with Gasteiger partial charge in [-0.25, -0.2) is 0 Å². The molecule has 1 aromatic heterocycles. The van der Waals surface area contributed by atoms with Gasteiger partial charge in [-0.15, -0.1) is 0 Å². The second-order valence-electron chi connectivity index (χ2n) is 2.46. The molecule has 2 nitrogen and oxygen atoms in total. The average Bonchev–Trinajstić information content (AvgIpc) is 2.40. The molecule has 0 N–H and O–H groups in total. The Hall–Kier alpha value is -0.850. The van der Waals surface area contributed by atoms with Crippen LogP contribution in [0.3, 0.4) is 0 Å². The summed E-state index contributed by atoms with van der Waals surface area (Å²) >= 11 is 1.69. The van der Waals surface area contributed by atoms with Crippen molar-refractivity contribution < 1.29 is 0 Å². The molecule has 0 radical (unpaired) electrons. The zero-order valence-electron chi connectivity index (χ0n) is 6.45. The molecule has 11 heavy (non-hydrogen) atoms. The van der Waals surface area contributed by atoms with E-state index in [4.69, 9.17) is 5.26 Å². The van der Waals surface area contributed by atoms with Crippen molar-refractivity contribution in [1.82, 2.24) is 4.90 Å². The Labute approximate surface area is 70.7 Å². The van der Waals surface area contributed by atoms with Gasteiger partial charge in [-0.2, -0.15) is 16.6 Å². The van der Waals surface area contributed by atoms with Crippen LogP contribution in [0.25, 0.3) is 0 Å². The van der Waals surface area contributed by atoms with Crippen molar-refractivity contribution in [3.8, 4) is 6.07 Å². The van der Waals surface area contributed by atoms with E-state index >= 15 is 0 Å². The quantitative estimate of drug-likeness (QED) is 0.639. The van der Waals surface area contributed by atoms with Crippen molar-refractivity contribution in [1.29, 1.82) is 5.26 Å². The maximum absolute atomic E-state index is 8.38. The molecule has 0 atom stereocenters. The van der Waals surface area contributed by atoms with Crippen LogP contribution >= 0.6 is 11.3 Å². The van der Waals surface area contributed by atoms with E-state index in [1.165, 1.54) is 5.56 Å². The number of hydrogen-bond donors (Lipinski definition) is 0. The van der Waals surface area contributed by atoms with E-state index in [-0.39, 0.29) is 0 Å². The molecule has 0 aromatic carbocycles. The van der Waals surface area contributed by atoms with Gasteiger partial charge in [-0.05, 0) is 29.4 Å². The Bertz CT molecular complexity index is 235. The predicted octanol–water partition coefficient (Wildman–Crippen LogP) is 1.70. The van der Waals surface area contributed by atoms with E-state index in [1.54, 1.807) is 11.3 Å². The van der Waals surface area contributed by atoms with E-state index < -0.39 is 0 Å². The van der Waals surface area contributed by atoms with Crippen molar-refractivity contribution >= 4 is 11.3 Å². The molecule has 58 valence electrons.